The summed E-state index contributed by atoms with van der Waals surface area (Å²) in [5.74, 6) is -3.08. The SMILES string of the molecule is COC[C@H]1OC(OC(=N)C(Cl)(Cl)Cl)[C@H](OC(C)=O)[C@@H](OC(C)=O)[C@@H]1OC(C)=O. The van der Waals surface area contributed by atoms with Gasteiger partial charge in [-0.25, -0.2) is 0 Å². The summed E-state index contributed by atoms with van der Waals surface area (Å²) >= 11 is 16.8. The Labute approximate surface area is 176 Å². The van der Waals surface area contributed by atoms with Crippen LogP contribution in [-0.2, 0) is 42.8 Å². The van der Waals surface area contributed by atoms with Crippen LogP contribution in [0.15, 0.2) is 0 Å². The number of rotatable bonds is 6. The number of nitrogens with one attached hydrogen (secondary N) is 1. The maximum absolute atomic E-state index is 11.6. The zero-order valence-corrected chi connectivity index (χ0v) is 17.7. The molecular weight excluding hydrogens is 445 g/mol. The summed E-state index contributed by atoms with van der Waals surface area (Å²) in [6.07, 6.45) is -6.52. The Balaban J connectivity index is 3.32. The van der Waals surface area contributed by atoms with Crippen molar-refractivity contribution < 1.29 is 42.8 Å². The minimum atomic E-state index is -2.23. The Morgan fingerprint density at radius 2 is 1.36 bits per heavy atom. The molecule has 0 aromatic heterocycles. The summed E-state index contributed by atoms with van der Waals surface area (Å²) in [5, 5.41) is 7.72. The fourth-order valence-electron chi connectivity index (χ4n) is 2.43. The summed E-state index contributed by atoms with van der Waals surface area (Å²) in [7, 11) is 1.35. The van der Waals surface area contributed by atoms with Gasteiger partial charge in [0, 0.05) is 27.9 Å². The van der Waals surface area contributed by atoms with Gasteiger partial charge in [0.25, 0.3) is 3.79 Å². The number of ether oxygens (including phenoxy) is 6. The number of methoxy groups -OCH3 is 1. The van der Waals surface area contributed by atoms with Crippen molar-refractivity contribution in [2.24, 2.45) is 0 Å². The van der Waals surface area contributed by atoms with Crippen LogP contribution in [0, 0.1) is 5.41 Å². The number of halogens is 3. The molecule has 0 saturated carbocycles. The molecule has 160 valence electrons. The average molecular weight is 465 g/mol. The first kappa shape index (κ1) is 24.7. The number of esters is 3. The molecule has 0 amide bonds. The monoisotopic (exact) mass is 463 g/mol. The summed E-state index contributed by atoms with van der Waals surface area (Å²) in [5.41, 5.74) is 0. The number of carbonyl (C=O) groups excluding carboxylic acids is 3. The van der Waals surface area contributed by atoms with Crippen LogP contribution in [-0.4, -0.2) is 72.0 Å². The summed E-state index contributed by atoms with van der Waals surface area (Å²) in [6, 6.07) is 0. The summed E-state index contributed by atoms with van der Waals surface area (Å²) < 4.78 is 29.2. The van der Waals surface area contributed by atoms with Gasteiger partial charge in [-0.15, -0.1) is 0 Å². The highest BCUT2D eigenvalue weighted by atomic mass is 35.6. The van der Waals surface area contributed by atoms with Crippen molar-refractivity contribution in [1.29, 1.82) is 5.41 Å². The van der Waals surface area contributed by atoms with E-state index in [0.717, 1.165) is 20.8 Å². The van der Waals surface area contributed by atoms with Gasteiger partial charge >= 0.3 is 17.9 Å². The van der Waals surface area contributed by atoms with Crippen LogP contribution in [0.2, 0.25) is 0 Å². The molecule has 10 nitrogen and oxygen atoms in total. The second kappa shape index (κ2) is 10.4. The number of hydrogen-bond acceptors (Lipinski definition) is 10. The first-order valence-electron chi connectivity index (χ1n) is 7.85. The molecule has 28 heavy (non-hydrogen) atoms. The number of hydrogen-bond donors (Lipinski definition) is 1. The molecule has 1 aliphatic rings. The average Bonchev–Trinajstić information content (AvgIpc) is 2.52. The third-order valence-electron chi connectivity index (χ3n) is 3.32. The lowest BCUT2D eigenvalue weighted by molar-refractivity contribution is -0.292. The fourth-order valence-corrected chi connectivity index (χ4v) is 2.56. The number of alkyl halides is 3. The highest BCUT2D eigenvalue weighted by Gasteiger charge is 2.53. The predicted molar refractivity (Wildman–Crippen MR) is 96.3 cm³/mol. The van der Waals surface area contributed by atoms with Crippen LogP contribution in [0.25, 0.3) is 0 Å². The van der Waals surface area contributed by atoms with Crippen LogP contribution in [0.1, 0.15) is 20.8 Å². The number of carbonyl (C=O) groups is 3. The Hall–Kier alpha value is -1.33. The molecule has 0 aromatic rings. The van der Waals surface area contributed by atoms with Gasteiger partial charge in [-0.05, 0) is 0 Å². The lowest BCUT2D eigenvalue weighted by Gasteiger charge is -2.44. The Bertz CT molecular complexity index is 610. The van der Waals surface area contributed by atoms with E-state index in [2.05, 4.69) is 0 Å². The minimum Gasteiger partial charge on any atom is -0.456 e. The van der Waals surface area contributed by atoms with E-state index in [9.17, 15) is 14.4 Å². The Morgan fingerprint density at radius 3 is 1.79 bits per heavy atom. The van der Waals surface area contributed by atoms with E-state index in [-0.39, 0.29) is 6.61 Å². The highest BCUT2D eigenvalue weighted by Crippen LogP contribution is 2.33. The van der Waals surface area contributed by atoms with Gasteiger partial charge in [0.2, 0.25) is 18.3 Å². The van der Waals surface area contributed by atoms with Crippen molar-refractivity contribution in [2.75, 3.05) is 13.7 Å². The maximum atomic E-state index is 11.6. The molecule has 1 rings (SSSR count). The molecule has 0 aromatic carbocycles. The van der Waals surface area contributed by atoms with Crippen molar-refractivity contribution in [2.45, 2.75) is 55.3 Å². The van der Waals surface area contributed by atoms with Crippen molar-refractivity contribution in [3.05, 3.63) is 0 Å². The van der Waals surface area contributed by atoms with Crippen LogP contribution < -0.4 is 0 Å². The van der Waals surface area contributed by atoms with E-state index in [0.29, 0.717) is 0 Å². The molecule has 0 aliphatic carbocycles. The topological polar surface area (TPSA) is 130 Å². The summed E-state index contributed by atoms with van der Waals surface area (Å²) in [6.45, 7) is 3.21. The molecule has 0 radical (unpaired) electrons. The molecule has 1 unspecified atom stereocenters. The Morgan fingerprint density at radius 1 is 0.893 bits per heavy atom. The van der Waals surface area contributed by atoms with Gasteiger partial charge in [0.15, 0.2) is 12.2 Å². The normalized spacial score (nSPS) is 27.5. The third-order valence-corrected chi connectivity index (χ3v) is 3.83. The zero-order valence-electron chi connectivity index (χ0n) is 15.4. The van der Waals surface area contributed by atoms with Crippen molar-refractivity contribution in [3.63, 3.8) is 0 Å². The van der Waals surface area contributed by atoms with E-state index >= 15 is 0 Å². The van der Waals surface area contributed by atoms with E-state index in [1.807, 2.05) is 0 Å². The van der Waals surface area contributed by atoms with Gasteiger partial charge in [-0.1, -0.05) is 34.8 Å². The van der Waals surface area contributed by atoms with E-state index < -0.39 is 58.3 Å². The minimum absolute atomic E-state index is 0.122. The summed E-state index contributed by atoms with van der Waals surface area (Å²) in [4.78, 5) is 34.7. The highest BCUT2D eigenvalue weighted by molar-refractivity contribution is 6.76. The molecule has 1 heterocycles. The van der Waals surface area contributed by atoms with Crippen LogP contribution in [0.4, 0.5) is 0 Å². The third kappa shape index (κ3) is 7.25. The van der Waals surface area contributed by atoms with Gasteiger partial charge in [0.1, 0.15) is 6.10 Å². The molecule has 1 N–H and O–H groups in total. The molecule has 1 saturated heterocycles. The second-order valence-corrected chi connectivity index (χ2v) is 7.95. The van der Waals surface area contributed by atoms with E-state index in [1.54, 1.807) is 0 Å². The smallest absolute Gasteiger partial charge is 0.303 e. The molecule has 5 atom stereocenters. The lowest BCUT2D eigenvalue weighted by Crippen LogP contribution is -2.63. The molecule has 0 spiro atoms. The molecule has 0 bridgehead atoms. The quantitative estimate of drug-likeness (QED) is 0.204. The Kier molecular flexibility index (Phi) is 9.22. The van der Waals surface area contributed by atoms with Gasteiger partial charge in [-0.3, -0.25) is 19.8 Å². The van der Waals surface area contributed by atoms with Crippen molar-refractivity contribution in [3.8, 4) is 0 Å². The largest absolute Gasteiger partial charge is 0.456 e. The van der Waals surface area contributed by atoms with Gasteiger partial charge < -0.3 is 28.4 Å². The maximum Gasteiger partial charge on any atom is 0.303 e. The van der Waals surface area contributed by atoms with E-state index in [1.165, 1.54) is 7.11 Å². The first-order valence-corrected chi connectivity index (χ1v) is 8.98. The van der Waals surface area contributed by atoms with Crippen LogP contribution in [0.5, 0.6) is 0 Å². The first-order chi connectivity index (χ1) is 12.9. The second-order valence-electron chi connectivity index (χ2n) is 5.67. The van der Waals surface area contributed by atoms with Crippen molar-refractivity contribution in [1.82, 2.24) is 0 Å². The van der Waals surface area contributed by atoms with E-state index in [4.69, 9.17) is 68.6 Å². The molecule has 1 fully saturated rings. The van der Waals surface area contributed by atoms with Crippen molar-refractivity contribution >= 4 is 58.6 Å². The van der Waals surface area contributed by atoms with Gasteiger partial charge in [0.05, 0.1) is 6.61 Å². The van der Waals surface area contributed by atoms with Crippen LogP contribution >= 0.6 is 34.8 Å². The molecule has 13 heteroatoms. The standard InChI is InChI=1S/C15H20Cl3NO9/c1-6(20)24-10-9(5-23-4)27-13(28-14(19)15(16,17)18)12(26-8(3)22)11(10)25-7(2)21/h9-13,19H,5H2,1-4H3/t9-,10-,11+,12-,13?/m1/s1. The van der Waals surface area contributed by atoms with Crippen LogP contribution in [0.3, 0.4) is 0 Å². The van der Waals surface area contributed by atoms with Gasteiger partial charge in [-0.2, -0.15) is 0 Å². The zero-order chi connectivity index (χ0) is 21.6. The predicted octanol–water partition coefficient (Wildman–Crippen LogP) is 1.52. The fraction of sp³-hybridized carbons (Fsp3) is 0.733. The molecular formula is C15H20Cl3NO9. The lowest BCUT2D eigenvalue weighted by atomic mass is 9.98. The molecule has 1 aliphatic heterocycles.